The van der Waals surface area contributed by atoms with Gasteiger partial charge in [-0.1, -0.05) is 91.0 Å². The molecule has 0 aliphatic carbocycles. The third-order valence-electron chi connectivity index (χ3n) is 5.45. The number of hydrogen-bond donors (Lipinski definition) is 0. The molecule has 0 amide bonds. The Hall–Kier alpha value is -2.50. The summed E-state index contributed by atoms with van der Waals surface area (Å²) in [6, 6.07) is 30.7. The number of hydrogen-bond acceptors (Lipinski definition) is 4. The van der Waals surface area contributed by atoms with Crippen LogP contribution in [0.25, 0.3) is 0 Å². The fourth-order valence-electron chi connectivity index (χ4n) is 3.78. The first-order chi connectivity index (χ1) is 15.4. The van der Waals surface area contributed by atoms with Gasteiger partial charge in [-0.05, 0) is 23.1 Å². The van der Waals surface area contributed by atoms with Gasteiger partial charge in [0.1, 0.15) is 12.2 Å². The molecule has 1 saturated heterocycles. The molecule has 1 aliphatic rings. The van der Waals surface area contributed by atoms with Gasteiger partial charge in [0.15, 0.2) is 0 Å². The summed E-state index contributed by atoms with van der Waals surface area (Å²) in [5.74, 6) is 0. The minimum Gasteiger partial charge on any atom is -0.374 e. The molecule has 0 spiro atoms. The van der Waals surface area contributed by atoms with E-state index >= 15 is 0 Å². The van der Waals surface area contributed by atoms with Crippen LogP contribution in [-0.4, -0.2) is 31.5 Å². The summed E-state index contributed by atoms with van der Waals surface area (Å²) in [4.78, 5) is 0. The zero-order valence-corrected chi connectivity index (χ0v) is 17.8. The predicted molar refractivity (Wildman–Crippen MR) is 120 cm³/mol. The second-order valence-electron chi connectivity index (χ2n) is 7.79. The molecule has 4 rings (SSSR count). The van der Waals surface area contributed by atoms with Gasteiger partial charge >= 0.3 is 0 Å². The quantitative estimate of drug-likeness (QED) is 0.456. The first-order valence-corrected chi connectivity index (χ1v) is 10.9. The lowest BCUT2D eigenvalue weighted by atomic mass is 10.0. The summed E-state index contributed by atoms with van der Waals surface area (Å²) in [7, 11) is 0. The van der Waals surface area contributed by atoms with Crippen LogP contribution in [0.4, 0.5) is 0 Å². The van der Waals surface area contributed by atoms with Gasteiger partial charge in [-0.3, -0.25) is 0 Å². The van der Waals surface area contributed by atoms with E-state index in [1.807, 2.05) is 54.6 Å². The van der Waals surface area contributed by atoms with Crippen molar-refractivity contribution in [2.24, 2.45) is 0 Å². The average Bonchev–Trinajstić information content (AvgIpc) is 2.84. The van der Waals surface area contributed by atoms with Gasteiger partial charge in [-0.15, -0.1) is 0 Å². The molecular weight excluding hydrogens is 388 g/mol. The van der Waals surface area contributed by atoms with E-state index in [0.717, 1.165) is 23.1 Å². The Labute approximate surface area is 184 Å². The molecule has 1 aliphatic heterocycles. The molecule has 0 aromatic heterocycles. The van der Waals surface area contributed by atoms with Crippen LogP contribution >= 0.6 is 0 Å². The fraction of sp³-hybridized carbons (Fsp3) is 0.333. The maximum absolute atomic E-state index is 6.36. The maximum atomic E-state index is 6.36. The molecule has 0 radical (unpaired) electrons. The zero-order valence-electron chi connectivity index (χ0n) is 17.8. The molecule has 0 N–H and O–H groups in total. The number of rotatable bonds is 10. The highest BCUT2D eigenvalue weighted by Gasteiger charge is 2.36. The summed E-state index contributed by atoms with van der Waals surface area (Å²) in [5, 5.41) is 0. The van der Waals surface area contributed by atoms with Gasteiger partial charge in [0.25, 0.3) is 0 Å². The van der Waals surface area contributed by atoms with Crippen molar-refractivity contribution in [3.05, 3.63) is 108 Å². The molecule has 4 heteroatoms. The van der Waals surface area contributed by atoms with Gasteiger partial charge in [-0.2, -0.15) is 0 Å². The average molecular weight is 419 g/mol. The Balaban J connectivity index is 1.38. The van der Waals surface area contributed by atoms with Crippen molar-refractivity contribution in [1.29, 1.82) is 0 Å². The molecule has 0 bridgehead atoms. The number of ether oxygens (including phenoxy) is 4. The lowest BCUT2D eigenvalue weighted by molar-refractivity contribution is -0.197. The van der Waals surface area contributed by atoms with E-state index in [2.05, 4.69) is 36.4 Å². The van der Waals surface area contributed by atoms with Gasteiger partial charge in [-0.25, -0.2) is 0 Å². The molecule has 3 atom stereocenters. The predicted octanol–water partition coefficient (Wildman–Crippen LogP) is 5.16. The minimum absolute atomic E-state index is 0.0389. The SMILES string of the molecule is c1ccc(COCC2OCC[C@@H](OCc3ccccc3)[C@H]2OCc2ccccc2)cc1. The second-order valence-corrected chi connectivity index (χ2v) is 7.79. The zero-order chi connectivity index (χ0) is 21.1. The van der Waals surface area contributed by atoms with Crippen LogP contribution in [0, 0.1) is 0 Å². The third-order valence-corrected chi connectivity index (χ3v) is 5.45. The Morgan fingerprint density at radius 1 is 0.645 bits per heavy atom. The van der Waals surface area contributed by atoms with E-state index in [4.69, 9.17) is 18.9 Å². The van der Waals surface area contributed by atoms with Crippen molar-refractivity contribution in [1.82, 2.24) is 0 Å². The summed E-state index contributed by atoms with van der Waals surface area (Å²) in [6.07, 6.45) is 0.417. The van der Waals surface area contributed by atoms with Crippen LogP contribution in [0.3, 0.4) is 0 Å². The second kappa shape index (κ2) is 11.8. The maximum Gasteiger partial charge on any atom is 0.113 e. The first kappa shape index (κ1) is 21.7. The number of benzene rings is 3. The standard InChI is InChI=1S/C27H30O4/c1-4-10-22(11-5-1)18-28-21-26-27(31-20-24-14-8-3-9-15-24)25(16-17-29-26)30-19-23-12-6-2-7-13-23/h1-15,25-27H,16-21H2/t25-,26?,27-/m1/s1. The van der Waals surface area contributed by atoms with E-state index in [1.54, 1.807) is 0 Å². The monoisotopic (exact) mass is 418 g/mol. The van der Waals surface area contributed by atoms with Crippen molar-refractivity contribution in [3.8, 4) is 0 Å². The molecule has 4 nitrogen and oxygen atoms in total. The molecule has 3 aromatic carbocycles. The Morgan fingerprint density at radius 2 is 1.16 bits per heavy atom. The van der Waals surface area contributed by atoms with Crippen molar-refractivity contribution in [2.75, 3.05) is 13.2 Å². The van der Waals surface area contributed by atoms with Crippen LogP contribution in [0.1, 0.15) is 23.1 Å². The summed E-state index contributed by atoms with van der Waals surface area (Å²) >= 11 is 0. The Kier molecular flexibility index (Phi) is 8.25. The van der Waals surface area contributed by atoms with Crippen molar-refractivity contribution in [3.63, 3.8) is 0 Å². The molecular formula is C27H30O4. The van der Waals surface area contributed by atoms with Crippen LogP contribution in [0.5, 0.6) is 0 Å². The molecule has 0 saturated carbocycles. The van der Waals surface area contributed by atoms with Crippen LogP contribution in [0.15, 0.2) is 91.0 Å². The molecule has 1 fully saturated rings. The lowest BCUT2D eigenvalue weighted by Gasteiger charge is -2.37. The molecule has 162 valence electrons. The highest BCUT2D eigenvalue weighted by molar-refractivity contribution is 5.15. The van der Waals surface area contributed by atoms with Crippen LogP contribution < -0.4 is 0 Å². The molecule has 3 aromatic rings. The van der Waals surface area contributed by atoms with E-state index in [0.29, 0.717) is 33.0 Å². The van der Waals surface area contributed by atoms with E-state index < -0.39 is 0 Å². The van der Waals surface area contributed by atoms with Crippen molar-refractivity contribution >= 4 is 0 Å². The molecule has 1 heterocycles. The van der Waals surface area contributed by atoms with E-state index in [-0.39, 0.29) is 18.3 Å². The normalized spacial score (nSPS) is 21.1. The van der Waals surface area contributed by atoms with Gasteiger partial charge in [0, 0.05) is 6.61 Å². The van der Waals surface area contributed by atoms with Crippen molar-refractivity contribution in [2.45, 2.75) is 44.6 Å². The van der Waals surface area contributed by atoms with Gasteiger partial charge in [0.05, 0.1) is 32.5 Å². The topological polar surface area (TPSA) is 36.9 Å². The minimum atomic E-state index is -0.187. The first-order valence-electron chi connectivity index (χ1n) is 10.9. The highest BCUT2D eigenvalue weighted by atomic mass is 16.6. The highest BCUT2D eigenvalue weighted by Crippen LogP contribution is 2.24. The smallest absolute Gasteiger partial charge is 0.113 e. The lowest BCUT2D eigenvalue weighted by Crippen LogP contribution is -2.49. The van der Waals surface area contributed by atoms with E-state index in [9.17, 15) is 0 Å². The molecule has 1 unspecified atom stereocenters. The largest absolute Gasteiger partial charge is 0.374 e. The summed E-state index contributed by atoms with van der Waals surface area (Å²) < 4.78 is 24.7. The Morgan fingerprint density at radius 3 is 1.74 bits per heavy atom. The Bertz CT molecular complexity index is 870. The van der Waals surface area contributed by atoms with Crippen LogP contribution in [-0.2, 0) is 38.8 Å². The van der Waals surface area contributed by atoms with Gasteiger partial charge in [0.2, 0.25) is 0 Å². The fourth-order valence-corrected chi connectivity index (χ4v) is 3.78. The van der Waals surface area contributed by atoms with E-state index in [1.165, 1.54) is 0 Å². The van der Waals surface area contributed by atoms with Gasteiger partial charge < -0.3 is 18.9 Å². The summed E-state index contributed by atoms with van der Waals surface area (Å²) in [5.41, 5.74) is 3.45. The van der Waals surface area contributed by atoms with Crippen molar-refractivity contribution < 1.29 is 18.9 Å². The van der Waals surface area contributed by atoms with Crippen LogP contribution in [0.2, 0.25) is 0 Å². The third kappa shape index (κ3) is 6.74. The molecule has 31 heavy (non-hydrogen) atoms. The summed E-state index contributed by atoms with van der Waals surface area (Å²) in [6.45, 7) is 2.76.